The Kier molecular flexibility index (Phi) is 6.74. The Hall–Kier alpha value is -3.21. The van der Waals surface area contributed by atoms with E-state index in [1.54, 1.807) is 35.1 Å². The Balaban J connectivity index is 1.37. The number of carbonyl (C=O) groups excluding carboxylic acids is 1. The van der Waals surface area contributed by atoms with Crippen LogP contribution in [-0.2, 0) is 30.4 Å². The van der Waals surface area contributed by atoms with Crippen molar-refractivity contribution < 1.29 is 32.3 Å². The number of nitrogens with zero attached hydrogens (tertiary/aromatic N) is 4. The van der Waals surface area contributed by atoms with E-state index in [4.69, 9.17) is 20.4 Å². The van der Waals surface area contributed by atoms with Crippen LogP contribution >= 0.6 is 0 Å². The Morgan fingerprint density at radius 1 is 1.21 bits per heavy atom. The van der Waals surface area contributed by atoms with E-state index in [0.29, 0.717) is 0 Å². The van der Waals surface area contributed by atoms with Crippen LogP contribution in [0.2, 0.25) is 0 Å². The van der Waals surface area contributed by atoms with Crippen LogP contribution in [-0.4, -0.2) is 75.0 Å². The maximum atomic E-state index is 12.2. The van der Waals surface area contributed by atoms with E-state index in [0.717, 1.165) is 5.56 Å². The number of aromatic nitrogens is 4. The topological polar surface area (TPSA) is 218 Å². The SMILES string of the molecule is Nc1ncnc2c1ncn2[C@@H]1O[C@H](COS(=O)(=O)NC(=O)[C@@H](N)Cc2ccccc2)C(O)C1O. The predicted octanol–water partition coefficient (Wildman–Crippen LogP) is -2.02. The van der Waals surface area contributed by atoms with Crippen LogP contribution < -0.4 is 16.2 Å². The van der Waals surface area contributed by atoms with Gasteiger partial charge in [-0.3, -0.25) is 13.5 Å². The highest BCUT2D eigenvalue weighted by atomic mass is 32.2. The Morgan fingerprint density at radius 3 is 2.68 bits per heavy atom. The molecule has 1 aliphatic heterocycles. The van der Waals surface area contributed by atoms with Gasteiger partial charge in [0.1, 0.15) is 30.2 Å². The molecule has 2 unspecified atom stereocenters. The number of aliphatic hydroxyl groups excluding tert-OH is 2. The lowest BCUT2D eigenvalue weighted by molar-refractivity contribution is -0.120. The number of benzene rings is 1. The first-order chi connectivity index (χ1) is 16.2. The molecule has 1 aromatic carbocycles. The molecule has 0 saturated carbocycles. The number of nitrogens with one attached hydrogen (secondary N) is 1. The molecule has 14 nitrogen and oxygen atoms in total. The van der Waals surface area contributed by atoms with Gasteiger partial charge in [-0.2, -0.15) is 8.42 Å². The summed E-state index contributed by atoms with van der Waals surface area (Å²) in [4.78, 5) is 24.1. The molecule has 15 heteroatoms. The Bertz CT molecular complexity index is 1270. The van der Waals surface area contributed by atoms with E-state index >= 15 is 0 Å². The molecule has 1 saturated heterocycles. The zero-order chi connectivity index (χ0) is 24.5. The van der Waals surface area contributed by atoms with Crippen LogP contribution in [0.1, 0.15) is 11.8 Å². The summed E-state index contributed by atoms with van der Waals surface area (Å²) in [5.74, 6) is -0.846. The summed E-state index contributed by atoms with van der Waals surface area (Å²) in [6.07, 6.45) is -2.75. The van der Waals surface area contributed by atoms with Crippen LogP contribution in [0.15, 0.2) is 43.0 Å². The van der Waals surface area contributed by atoms with Gasteiger partial charge in [0.05, 0.1) is 19.0 Å². The highest BCUT2D eigenvalue weighted by Crippen LogP contribution is 2.32. The second kappa shape index (κ2) is 9.57. The first-order valence-electron chi connectivity index (χ1n) is 10.1. The van der Waals surface area contributed by atoms with E-state index in [9.17, 15) is 23.4 Å². The molecular formula is C19H23N7O7S. The van der Waals surface area contributed by atoms with Crippen molar-refractivity contribution in [1.82, 2.24) is 24.2 Å². The Labute approximate surface area is 193 Å². The second-order valence-electron chi connectivity index (χ2n) is 7.63. The average Bonchev–Trinajstić information content (AvgIpc) is 3.35. The summed E-state index contributed by atoms with van der Waals surface area (Å²) in [6, 6.07) is 7.70. The first kappa shape index (κ1) is 23.9. The minimum Gasteiger partial charge on any atom is -0.387 e. The third kappa shape index (κ3) is 4.98. The van der Waals surface area contributed by atoms with Gasteiger partial charge in [0.25, 0.3) is 5.91 Å². The number of aliphatic hydroxyl groups is 2. The number of amides is 1. The number of nitrogens with two attached hydrogens (primary N) is 2. The molecule has 1 aliphatic rings. The van der Waals surface area contributed by atoms with Gasteiger partial charge in [-0.15, -0.1) is 0 Å². The molecule has 34 heavy (non-hydrogen) atoms. The van der Waals surface area contributed by atoms with E-state index in [1.807, 2.05) is 0 Å². The van der Waals surface area contributed by atoms with E-state index in [1.165, 1.54) is 17.2 Å². The van der Waals surface area contributed by atoms with Crippen LogP contribution in [0, 0.1) is 0 Å². The number of ether oxygens (including phenoxy) is 1. The maximum Gasteiger partial charge on any atom is 0.362 e. The van der Waals surface area contributed by atoms with Gasteiger partial charge in [-0.1, -0.05) is 30.3 Å². The number of fused-ring (bicyclic) bond motifs is 1. The van der Waals surface area contributed by atoms with E-state index in [-0.39, 0.29) is 23.4 Å². The largest absolute Gasteiger partial charge is 0.387 e. The van der Waals surface area contributed by atoms with Crippen LogP contribution in [0.5, 0.6) is 0 Å². The molecule has 0 radical (unpaired) electrons. The molecule has 182 valence electrons. The summed E-state index contributed by atoms with van der Waals surface area (Å²) >= 11 is 0. The molecule has 1 fully saturated rings. The van der Waals surface area contributed by atoms with Gasteiger partial charge in [0, 0.05) is 0 Å². The van der Waals surface area contributed by atoms with Crippen molar-refractivity contribution in [3.05, 3.63) is 48.5 Å². The van der Waals surface area contributed by atoms with Crippen molar-refractivity contribution in [3.8, 4) is 0 Å². The van der Waals surface area contributed by atoms with Crippen molar-refractivity contribution in [2.75, 3.05) is 12.3 Å². The van der Waals surface area contributed by atoms with E-state index < -0.39 is 53.4 Å². The molecule has 0 spiro atoms. The zero-order valence-corrected chi connectivity index (χ0v) is 18.4. The lowest BCUT2D eigenvalue weighted by Crippen LogP contribution is -2.45. The first-order valence-corrected chi connectivity index (χ1v) is 11.5. The summed E-state index contributed by atoms with van der Waals surface area (Å²) in [5.41, 5.74) is 12.8. The number of nitrogen functional groups attached to an aromatic ring is 1. The van der Waals surface area contributed by atoms with Gasteiger partial charge < -0.3 is 26.4 Å². The molecule has 2 aromatic heterocycles. The Morgan fingerprint density at radius 2 is 1.94 bits per heavy atom. The average molecular weight is 494 g/mol. The second-order valence-corrected chi connectivity index (χ2v) is 8.98. The van der Waals surface area contributed by atoms with Gasteiger partial charge in [-0.25, -0.2) is 19.7 Å². The molecule has 1 amide bonds. The minimum absolute atomic E-state index is 0.115. The monoisotopic (exact) mass is 493 g/mol. The molecule has 0 aliphatic carbocycles. The number of hydrogen-bond donors (Lipinski definition) is 5. The molecule has 7 N–H and O–H groups in total. The van der Waals surface area contributed by atoms with Gasteiger partial charge in [0.2, 0.25) is 0 Å². The normalized spacial score (nSPS) is 23.7. The van der Waals surface area contributed by atoms with Crippen molar-refractivity contribution in [2.24, 2.45) is 5.73 Å². The van der Waals surface area contributed by atoms with Gasteiger partial charge >= 0.3 is 10.3 Å². The summed E-state index contributed by atoms with van der Waals surface area (Å²) in [6.45, 7) is -0.685. The third-order valence-electron chi connectivity index (χ3n) is 5.25. The number of imidazole rings is 1. The van der Waals surface area contributed by atoms with Crippen LogP contribution in [0.25, 0.3) is 11.2 Å². The summed E-state index contributed by atoms with van der Waals surface area (Å²) in [5, 5.41) is 20.8. The quantitative estimate of drug-likeness (QED) is 0.230. The fourth-order valence-corrected chi connectivity index (χ4v) is 4.27. The van der Waals surface area contributed by atoms with Crippen molar-refractivity contribution >= 4 is 33.2 Å². The highest BCUT2D eigenvalue weighted by molar-refractivity contribution is 7.85. The number of hydrogen-bond acceptors (Lipinski definition) is 12. The number of carbonyl (C=O) groups is 1. The number of rotatable bonds is 8. The lowest BCUT2D eigenvalue weighted by atomic mass is 10.1. The zero-order valence-electron chi connectivity index (χ0n) is 17.6. The molecule has 3 aromatic rings. The summed E-state index contributed by atoms with van der Waals surface area (Å²) in [7, 11) is -4.57. The minimum atomic E-state index is -4.57. The number of anilines is 1. The van der Waals surface area contributed by atoms with Gasteiger partial charge in [-0.05, 0) is 12.0 Å². The maximum absolute atomic E-state index is 12.2. The standard InChI is InChI=1S/C19H23N7O7S/c20-11(6-10-4-2-1-3-5-10)18(29)25-34(30,31)32-7-12-14(27)15(28)19(33-12)26-9-24-13-16(21)22-8-23-17(13)26/h1-5,8-9,11-12,14-15,19,27-28H,6-7,20H2,(H,25,29)(H2,21,22,23)/t11-,12+,14?,15?,19+/m0/s1. The molecule has 0 bridgehead atoms. The van der Waals surface area contributed by atoms with E-state index in [2.05, 4.69) is 15.0 Å². The van der Waals surface area contributed by atoms with Crippen LogP contribution in [0.4, 0.5) is 5.82 Å². The molecule has 5 atom stereocenters. The predicted molar refractivity (Wildman–Crippen MR) is 117 cm³/mol. The lowest BCUT2D eigenvalue weighted by Gasteiger charge is -2.16. The summed E-state index contributed by atoms with van der Waals surface area (Å²) < 4.78 is 37.9. The van der Waals surface area contributed by atoms with Crippen LogP contribution in [0.3, 0.4) is 0 Å². The van der Waals surface area contributed by atoms with Gasteiger partial charge in [0.15, 0.2) is 17.7 Å². The smallest absolute Gasteiger partial charge is 0.362 e. The highest BCUT2D eigenvalue weighted by Gasteiger charge is 2.45. The third-order valence-corrected chi connectivity index (χ3v) is 6.14. The molecule has 4 rings (SSSR count). The van der Waals surface area contributed by atoms with Crippen molar-refractivity contribution in [3.63, 3.8) is 0 Å². The van der Waals surface area contributed by atoms with Crippen molar-refractivity contribution in [1.29, 1.82) is 0 Å². The fourth-order valence-electron chi connectivity index (χ4n) is 3.50. The van der Waals surface area contributed by atoms with Crippen molar-refractivity contribution in [2.45, 2.75) is 37.0 Å². The molecular weight excluding hydrogens is 470 g/mol. The fraction of sp³-hybridized carbons (Fsp3) is 0.368. The molecule has 3 heterocycles.